The molecule has 0 bridgehead atoms. The Morgan fingerprint density at radius 3 is 1.84 bits per heavy atom. The number of anilines is 7. The number of carbonyl (C=O) groups is 1. The van der Waals surface area contributed by atoms with Gasteiger partial charge in [0.05, 0.1) is 39.7 Å². The van der Waals surface area contributed by atoms with Crippen molar-refractivity contribution < 1.29 is 9.53 Å². The Balaban J connectivity index is 2.19. The molecule has 25 heavy (non-hydrogen) atoms. The van der Waals surface area contributed by atoms with Crippen molar-refractivity contribution in [2.45, 2.75) is 12.1 Å². The number of nitrogen functional groups attached to an aromatic ring is 7. The van der Waals surface area contributed by atoms with E-state index in [9.17, 15) is 4.79 Å². The smallest absolute Gasteiger partial charge is 0.189 e. The molecule has 1 heterocycles. The molecule has 0 radical (unpaired) electrons. The van der Waals surface area contributed by atoms with Crippen LogP contribution in [-0.4, -0.2) is 11.8 Å². The minimum absolute atomic E-state index is 0.0137. The van der Waals surface area contributed by atoms with Gasteiger partial charge >= 0.3 is 0 Å². The maximum absolute atomic E-state index is 12.7. The van der Waals surface area contributed by atoms with Gasteiger partial charge in [-0.25, -0.2) is 0 Å². The number of nitrogens with two attached hydrogens (primary N) is 8. The first-order chi connectivity index (χ1) is 11.6. The van der Waals surface area contributed by atoms with E-state index in [1.54, 1.807) is 0 Å². The van der Waals surface area contributed by atoms with Crippen LogP contribution in [-0.2, 0) is 0 Å². The van der Waals surface area contributed by atoms with Gasteiger partial charge in [0.2, 0.25) is 0 Å². The molecule has 10 heteroatoms. The number of fused-ring (bicyclic) bond motifs is 1. The van der Waals surface area contributed by atoms with Crippen molar-refractivity contribution in [2.24, 2.45) is 5.73 Å². The predicted molar refractivity (Wildman–Crippen MR) is 99.4 cm³/mol. The molecular formula is C15H20N8O2. The Kier molecular flexibility index (Phi) is 3.43. The Labute approximate surface area is 143 Å². The average molecular weight is 344 g/mol. The minimum Gasteiger partial charge on any atom is -0.480 e. The van der Waals surface area contributed by atoms with Crippen molar-refractivity contribution in [1.82, 2.24) is 0 Å². The summed E-state index contributed by atoms with van der Waals surface area (Å²) in [5.41, 5.74) is 48.2. The van der Waals surface area contributed by atoms with E-state index in [1.807, 2.05) is 0 Å². The summed E-state index contributed by atoms with van der Waals surface area (Å²) in [6, 6.07) is 2.00. The molecule has 2 aromatic carbocycles. The van der Waals surface area contributed by atoms with Crippen molar-refractivity contribution in [2.75, 3.05) is 40.1 Å². The summed E-state index contributed by atoms with van der Waals surface area (Å²) in [7, 11) is 0. The average Bonchev–Trinajstić information content (AvgIpc) is 2.57. The highest BCUT2D eigenvalue weighted by molar-refractivity contribution is 6.13. The number of benzene rings is 2. The highest BCUT2D eigenvalue weighted by atomic mass is 16.5. The SMILES string of the molecule is Nc1cc(C2Oc3c(N)c(N)c(N)c(N)c3C(=O)C2N)cc(N)c1N. The second kappa shape index (κ2) is 5.24. The summed E-state index contributed by atoms with van der Waals surface area (Å²) >= 11 is 0. The zero-order valence-electron chi connectivity index (χ0n) is 13.2. The van der Waals surface area contributed by atoms with Gasteiger partial charge in [-0.1, -0.05) is 0 Å². The summed E-state index contributed by atoms with van der Waals surface area (Å²) in [5.74, 6) is -0.439. The number of hydrogen-bond acceptors (Lipinski definition) is 10. The number of Topliss-reactive ketones (excluding diaryl/α,β-unsaturated/α-hetero) is 1. The van der Waals surface area contributed by atoms with Gasteiger partial charge in [0.25, 0.3) is 0 Å². The molecule has 2 atom stereocenters. The lowest BCUT2D eigenvalue weighted by atomic mass is 9.89. The highest BCUT2D eigenvalue weighted by Crippen LogP contribution is 2.47. The van der Waals surface area contributed by atoms with E-state index in [1.165, 1.54) is 12.1 Å². The monoisotopic (exact) mass is 344 g/mol. The molecule has 0 saturated carbocycles. The van der Waals surface area contributed by atoms with Crippen molar-refractivity contribution >= 4 is 45.6 Å². The summed E-state index contributed by atoms with van der Waals surface area (Å²) in [6.45, 7) is 0. The van der Waals surface area contributed by atoms with Crippen molar-refractivity contribution in [3.8, 4) is 5.75 Å². The van der Waals surface area contributed by atoms with E-state index in [0.717, 1.165) is 0 Å². The largest absolute Gasteiger partial charge is 0.480 e. The molecule has 132 valence electrons. The molecule has 0 fully saturated rings. The van der Waals surface area contributed by atoms with Crippen LogP contribution >= 0.6 is 0 Å². The van der Waals surface area contributed by atoms with Crippen LogP contribution in [0, 0.1) is 0 Å². The summed E-state index contributed by atoms with van der Waals surface area (Å²) in [6.07, 6.45) is -0.894. The van der Waals surface area contributed by atoms with Gasteiger partial charge in [-0.15, -0.1) is 0 Å². The first-order valence-electron chi connectivity index (χ1n) is 7.31. The lowest BCUT2D eigenvalue weighted by Crippen LogP contribution is -2.43. The maximum atomic E-state index is 12.7. The molecule has 0 spiro atoms. The number of rotatable bonds is 1. The van der Waals surface area contributed by atoms with E-state index >= 15 is 0 Å². The molecule has 3 rings (SSSR count). The zero-order chi connectivity index (χ0) is 18.6. The summed E-state index contributed by atoms with van der Waals surface area (Å²) in [5, 5.41) is 0. The fourth-order valence-electron chi connectivity index (χ4n) is 2.84. The minimum atomic E-state index is -1.07. The molecule has 0 saturated heterocycles. The molecule has 1 aliphatic rings. The molecule has 0 aromatic heterocycles. The van der Waals surface area contributed by atoms with Gasteiger partial charge in [0, 0.05) is 0 Å². The third kappa shape index (κ3) is 2.19. The number of ketones is 1. The van der Waals surface area contributed by atoms with Gasteiger partial charge in [-0.2, -0.15) is 0 Å². The molecule has 2 aromatic rings. The molecular weight excluding hydrogens is 324 g/mol. The lowest BCUT2D eigenvalue weighted by Gasteiger charge is -2.33. The van der Waals surface area contributed by atoms with Crippen LogP contribution in [0.5, 0.6) is 5.75 Å². The normalized spacial score (nSPS) is 19.3. The van der Waals surface area contributed by atoms with Crippen LogP contribution in [0.2, 0.25) is 0 Å². The third-order valence-electron chi connectivity index (χ3n) is 4.33. The van der Waals surface area contributed by atoms with Crippen molar-refractivity contribution in [3.63, 3.8) is 0 Å². The molecule has 1 aliphatic heterocycles. The van der Waals surface area contributed by atoms with Crippen LogP contribution in [0.4, 0.5) is 39.8 Å². The fourth-order valence-corrected chi connectivity index (χ4v) is 2.84. The first-order valence-corrected chi connectivity index (χ1v) is 7.31. The van der Waals surface area contributed by atoms with Crippen LogP contribution in [0.3, 0.4) is 0 Å². The Hall–Kier alpha value is -3.53. The van der Waals surface area contributed by atoms with Gasteiger partial charge in [0.15, 0.2) is 11.5 Å². The Morgan fingerprint density at radius 2 is 1.28 bits per heavy atom. The Bertz CT molecular complexity index is 888. The predicted octanol–water partition coefficient (Wildman–Crippen LogP) is -0.594. The standard InChI is InChI=1S/C15H20N8O2/c16-4-1-3(2-5(17)7(4)18)14-12(23)13(24)6-8(19)9(20)10(21)11(22)15(6)25-14/h1-2,12,14H,16-23H2. The van der Waals surface area contributed by atoms with Crippen LogP contribution in [0.25, 0.3) is 0 Å². The molecule has 10 nitrogen and oxygen atoms in total. The quantitative estimate of drug-likeness (QED) is 0.306. The van der Waals surface area contributed by atoms with E-state index in [4.69, 9.17) is 50.6 Å². The van der Waals surface area contributed by atoms with Gasteiger partial charge in [0.1, 0.15) is 17.8 Å². The topological polar surface area (TPSA) is 234 Å². The number of ether oxygens (including phenoxy) is 1. The third-order valence-corrected chi connectivity index (χ3v) is 4.33. The Morgan fingerprint density at radius 1 is 0.760 bits per heavy atom. The van der Waals surface area contributed by atoms with E-state index < -0.39 is 17.9 Å². The molecule has 16 N–H and O–H groups in total. The van der Waals surface area contributed by atoms with Crippen LogP contribution in [0.15, 0.2) is 12.1 Å². The zero-order valence-corrected chi connectivity index (χ0v) is 13.2. The van der Waals surface area contributed by atoms with Crippen LogP contribution < -0.4 is 50.6 Å². The van der Waals surface area contributed by atoms with Gasteiger partial charge in [-0.3, -0.25) is 4.79 Å². The highest BCUT2D eigenvalue weighted by Gasteiger charge is 2.40. The van der Waals surface area contributed by atoms with E-state index in [-0.39, 0.29) is 51.1 Å². The van der Waals surface area contributed by atoms with Crippen molar-refractivity contribution in [3.05, 3.63) is 23.3 Å². The fraction of sp³-hybridized carbons (Fsp3) is 0.133. The lowest BCUT2D eigenvalue weighted by molar-refractivity contribution is 0.0793. The molecule has 2 unspecified atom stereocenters. The second-order valence-electron chi connectivity index (χ2n) is 5.90. The summed E-state index contributed by atoms with van der Waals surface area (Å²) in [4.78, 5) is 12.7. The first kappa shape index (κ1) is 16.3. The summed E-state index contributed by atoms with van der Waals surface area (Å²) < 4.78 is 5.86. The van der Waals surface area contributed by atoms with E-state index in [0.29, 0.717) is 5.56 Å². The van der Waals surface area contributed by atoms with Gasteiger partial charge in [-0.05, 0) is 17.7 Å². The number of hydrogen-bond donors (Lipinski definition) is 8. The number of carbonyl (C=O) groups excluding carboxylic acids is 1. The van der Waals surface area contributed by atoms with Crippen LogP contribution in [0.1, 0.15) is 22.0 Å². The molecule has 0 amide bonds. The van der Waals surface area contributed by atoms with E-state index in [2.05, 4.69) is 0 Å². The second-order valence-corrected chi connectivity index (χ2v) is 5.90. The maximum Gasteiger partial charge on any atom is 0.189 e. The van der Waals surface area contributed by atoms with Gasteiger partial charge < -0.3 is 50.6 Å². The van der Waals surface area contributed by atoms with Crippen molar-refractivity contribution in [1.29, 1.82) is 0 Å². The molecule has 0 aliphatic carbocycles.